The first kappa shape index (κ1) is 20.2. The summed E-state index contributed by atoms with van der Waals surface area (Å²) in [6.45, 7) is 4.77. The molecule has 1 fully saturated rings. The molecule has 0 spiro atoms. The average Bonchev–Trinajstić information content (AvgIpc) is 2.48. The summed E-state index contributed by atoms with van der Waals surface area (Å²) in [6, 6.07) is 6.21. The van der Waals surface area contributed by atoms with Gasteiger partial charge in [-0.05, 0) is 63.2 Å². The first-order valence-corrected chi connectivity index (χ1v) is 9.16. The zero-order chi connectivity index (χ0) is 16.0. The highest BCUT2D eigenvalue weighted by molar-refractivity contribution is 7.89. The van der Waals surface area contributed by atoms with Gasteiger partial charge in [-0.3, -0.25) is 4.90 Å². The molecule has 1 aromatic carbocycles. The molecule has 0 radical (unpaired) electrons. The smallest absolute Gasteiger partial charge is 0.238 e. The minimum atomic E-state index is -3.64. The van der Waals surface area contributed by atoms with Crippen LogP contribution in [0.25, 0.3) is 0 Å². The summed E-state index contributed by atoms with van der Waals surface area (Å²) in [5.41, 5.74) is 0. The second-order valence-electron chi connectivity index (χ2n) is 5.73. The number of nitrogens with zero attached hydrogens (tertiary/aromatic N) is 1. The van der Waals surface area contributed by atoms with Gasteiger partial charge in [0.1, 0.15) is 12.4 Å². The first-order chi connectivity index (χ1) is 10.5. The second-order valence-corrected chi connectivity index (χ2v) is 7.29. The molecule has 1 aliphatic rings. The van der Waals surface area contributed by atoms with Crippen LogP contribution in [0.2, 0.25) is 0 Å². The van der Waals surface area contributed by atoms with Crippen molar-refractivity contribution in [1.29, 1.82) is 0 Å². The number of ether oxygens (including phenoxy) is 1. The van der Waals surface area contributed by atoms with Gasteiger partial charge in [-0.25, -0.2) is 13.6 Å². The molecule has 1 unspecified atom stereocenters. The van der Waals surface area contributed by atoms with E-state index < -0.39 is 10.0 Å². The Morgan fingerprint density at radius 3 is 2.65 bits per heavy atom. The molecule has 0 aromatic heterocycles. The fraction of sp³-hybridized carbons (Fsp3) is 0.600. The van der Waals surface area contributed by atoms with Crippen molar-refractivity contribution in [3.8, 4) is 5.75 Å². The topological polar surface area (TPSA) is 84.7 Å². The number of likely N-dealkylation sites (tertiary alicyclic amines) is 1. The van der Waals surface area contributed by atoms with Gasteiger partial charge in [0.25, 0.3) is 0 Å². The SMILES string of the molecule is CNCC1CCCN(CCOc2ccc(S(N)(=O)=O)cc2)C1.Cl. The Kier molecular flexibility index (Phi) is 8.28. The summed E-state index contributed by atoms with van der Waals surface area (Å²) < 4.78 is 28.0. The number of halogens is 1. The molecule has 1 heterocycles. The molecule has 23 heavy (non-hydrogen) atoms. The molecular weight excluding hydrogens is 338 g/mol. The van der Waals surface area contributed by atoms with Crippen LogP contribution < -0.4 is 15.2 Å². The zero-order valence-electron chi connectivity index (χ0n) is 13.4. The lowest BCUT2D eigenvalue weighted by Gasteiger charge is -2.32. The van der Waals surface area contributed by atoms with E-state index in [1.54, 1.807) is 12.1 Å². The van der Waals surface area contributed by atoms with Crippen LogP contribution in [0.5, 0.6) is 5.75 Å². The molecule has 6 nitrogen and oxygen atoms in total. The first-order valence-electron chi connectivity index (χ1n) is 7.61. The van der Waals surface area contributed by atoms with Crippen molar-refractivity contribution in [2.45, 2.75) is 17.7 Å². The van der Waals surface area contributed by atoms with Crippen LogP contribution in [0.3, 0.4) is 0 Å². The van der Waals surface area contributed by atoms with Crippen molar-refractivity contribution in [3.05, 3.63) is 24.3 Å². The van der Waals surface area contributed by atoms with E-state index in [0.717, 1.165) is 26.2 Å². The number of hydrogen-bond donors (Lipinski definition) is 2. The standard InChI is InChI=1S/C15H25N3O3S.ClH/c1-17-11-13-3-2-8-18(12-13)9-10-21-14-4-6-15(7-5-14)22(16,19)20;/h4-7,13,17H,2-3,8-12H2,1H3,(H2,16,19,20);1H. The molecule has 1 atom stereocenters. The number of nitrogens with one attached hydrogen (secondary N) is 1. The predicted molar refractivity (Wildman–Crippen MR) is 93.6 cm³/mol. The Morgan fingerprint density at radius 1 is 1.35 bits per heavy atom. The lowest BCUT2D eigenvalue weighted by atomic mass is 9.98. The monoisotopic (exact) mass is 363 g/mol. The van der Waals surface area contributed by atoms with Crippen molar-refractivity contribution in [2.24, 2.45) is 11.1 Å². The number of piperidine rings is 1. The van der Waals surface area contributed by atoms with Gasteiger partial charge >= 0.3 is 0 Å². The van der Waals surface area contributed by atoms with E-state index in [1.807, 2.05) is 7.05 Å². The molecule has 1 aliphatic heterocycles. The van der Waals surface area contributed by atoms with Gasteiger partial charge in [0, 0.05) is 13.1 Å². The van der Waals surface area contributed by atoms with Gasteiger partial charge in [0.2, 0.25) is 10.0 Å². The van der Waals surface area contributed by atoms with Crippen LogP contribution in [0, 0.1) is 5.92 Å². The van der Waals surface area contributed by atoms with Gasteiger partial charge in [-0.15, -0.1) is 12.4 Å². The summed E-state index contributed by atoms with van der Waals surface area (Å²) in [6.07, 6.45) is 2.52. The number of primary sulfonamides is 1. The van der Waals surface area contributed by atoms with E-state index in [1.165, 1.54) is 25.0 Å². The molecule has 3 N–H and O–H groups in total. The minimum Gasteiger partial charge on any atom is -0.492 e. The molecule has 1 aromatic rings. The normalized spacial score (nSPS) is 19.1. The molecule has 2 rings (SSSR count). The van der Waals surface area contributed by atoms with Crippen LogP contribution in [0.15, 0.2) is 29.2 Å². The molecule has 0 amide bonds. The Morgan fingerprint density at radius 2 is 2.04 bits per heavy atom. The average molecular weight is 364 g/mol. The summed E-state index contributed by atoms with van der Waals surface area (Å²) >= 11 is 0. The summed E-state index contributed by atoms with van der Waals surface area (Å²) in [5, 5.41) is 8.30. The minimum absolute atomic E-state index is 0. The fourth-order valence-corrected chi connectivity index (χ4v) is 3.34. The number of rotatable bonds is 7. The third-order valence-corrected chi connectivity index (χ3v) is 4.85. The molecule has 1 saturated heterocycles. The third-order valence-electron chi connectivity index (χ3n) is 3.92. The molecule has 8 heteroatoms. The maximum absolute atomic E-state index is 11.2. The maximum Gasteiger partial charge on any atom is 0.238 e. The molecule has 0 aliphatic carbocycles. The molecule has 0 saturated carbocycles. The van der Waals surface area contributed by atoms with Crippen molar-refractivity contribution in [1.82, 2.24) is 10.2 Å². The second kappa shape index (κ2) is 9.44. The highest BCUT2D eigenvalue weighted by atomic mass is 35.5. The lowest BCUT2D eigenvalue weighted by molar-refractivity contribution is 0.146. The van der Waals surface area contributed by atoms with Gasteiger partial charge in [-0.1, -0.05) is 0 Å². The van der Waals surface area contributed by atoms with Crippen LogP contribution >= 0.6 is 12.4 Å². The van der Waals surface area contributed by atoms with E-state index >= 15 is 0 Å². The third kappa shape index (κ3) is 6.64. The summed E-state index contributed by atoms with van der Waals surface area (Å²) in [4.78, 5) is 2.52. The highest BCUT2D eigenvalue weighted by Crippen LogP contribution is 2.17. The van der Waals surface area contributed by atoms with E-state index in [9.17, 15) is 8.42 Å². The quantitative estimate of drug-likeness (QED) is 0.756. The van der Waals surface area contributed by atoms with E-state index in [-0.39, 0.29) is 17.3 Å². The Balaban J connectivity index is 0.00000264. The lowest BCUT2D eigenvalue weighted by Crippen LogP contribution is -2.40. The Labute approximate surface area is 144 Å². The molecular formula is C15H26ClN3O3S. The number of hydrogen-bond acceptors (Lipinski definition) is 5. The predicted octanol–water partition coefficient (Wildman–Crippen LogP) is 1.07. The molecule has 0 bridgehead atoms. The van der Waals surface area contributed by atoms with Crippen molar-refractivity contribution in [3.63, 3.8) is 0 Å². The van der Waals surface area contributed by atoms with E-state index in [0.29, 0.717) is 18.3 Å². The van der Waals surface area contributed by atoms with Gasteiger partial charge in [-0.2, -0.15) is 0 Å². The van der Waals surface area contributed by atoms with E-state index in [2.05, 4.69) is 10.2 Å². The van der Waals surface area contributed by atoms with Crippen molar-refractivity contribution in [2.75, 3.05) is 39.8 Å². The fourth-order valence-electron chi connectivity index (χ4n) is 2.83. The zero-order valence-corrected chi connectivity index (χ0v) is 15.0. The largest absolute Gasteiger partial charge is 0.492 e. The maximum atomic E-state index is 11.2. The van der Waals surface area contributed by atoms with Gasteiger partial charge in [0.05, 0.1) is 4.90 Å². The van der Waals surface area contributed by atoms with E-state index in [4.69, 9.17) is 9.88 Å². The highest BCUT2D eigenvalue weighted by Gasteiger charge is 2.18. The van der Waals surface area contributed by atoms with Crippen LogP contribution in [-0.2, 0) is 10.0 Å². The summed E-state index contributed by atoms with van der Waals surface area (Å²) in [7, 11) is -1.65. The molecule has 132 valence electrons. The van der Waals surface area contributed by atoms with Gasteiger partial charge < -0.3 is 10.1 Å². The number of nitrogens with two attached hydrogens (primary N) is 1. The van der Waals surface area contributed by atoms with Crippen molar-refractivity contribution < 1.29 is 13.2 Å². The number of benzene rings is 1. The Bertz CT molecular complexity index is 564. The summed E-state index contributed by atoms with van der Waals surface area (Å²) in [5.74, 6) is 1.38. The van der Waals surface area contributed by atoms with Crippen LogP contribution in [-0.4, -0.2) is 53.2 Å². The van der Waals surface area contributed by atoms with Crippen LogP contribution in [0.1, 0.15) is 12.8 Å². The van der Waals surface area contributed by atoms with Crippen LogP contribution in [0.4, 0.5) is 0 Å². The van der Waals surface area contributed by atoms with Gasteiger partial charge in [0.15, 0.2) is 0 Å². The number of sulfonamides is 1. The Hall–Kier alpha value is -0.860. The van der Waals surface area contributed by atoms with Crippen molar-refractivity contribution >= 4 is 22.4 Å².